The first kappa shape index (κ1) is 15.2. The summed E-state index contributed by atoms with van der Waals surface area (Å²) < 4.78 is 0. The van der Waals surface area contributed by atoms with Crippen LogP contribution >= 0.6 is 11.3 Å². The minimum atomic E-state index is 0.404. The number of nitrogens with one attached hydrogen (secondary N) is 3. The Balaban J connectivity index is 2.08. The lowest BCUT2D eigenvalue weighted by Gasteiger charge is -2.07. The van der Waals surface area contributed by atoms with Crippen molar-refractivity contribution in [1.82, 2.24) is 15.0 Å². The highest BCUT2D eigenvalue weighted by Crippen LogP contribution is 2.13. The van der Waals surface area contributed by atoms with Crippen LogP contribution in [0.15, 0.2) is 17.2 Å². The predicted octanol–water partition coefficient (Wildman–Crippen LogP) is 2.55. The molecule has 2 aromatic heterocycles. The van der Waals surface area contributed by atoms with E-state index >= 15 is 0 Å². The molecule has 0 aliphatic carbocycles. The van der Waals surface area contributed by atoms with E-state index in [9.17, 15) is 0 Å². The molecule has 2 rings (SSSR count). The quantitative estimate of drug-likeness (QED) is 0.538. The number of aryl methyl sites for hydroxylation is 1. The van der Waals surface area contributed by atoms with Gasteiger partial charge in [-0.3, -0.25) is 0 Å². The minimum Gasteiger partial charge on any atom is -0.354 e. The van der Waals surface area contributed by atoms with E-state index < -0.39 is 0 Å². The first-order chi connectivity index (χ1) is 10.2. The topological polar surface area (TPSA) is 87.1 Å². The van der Waals surface area contributed by atoms with E-state index in [-0.39, 0.29) is 0 Å². The van der Waals surface area contributed by atoms with E-state index in [0.29, 0.717) is 17.8 Å². The largest absolute Gasteiger partial charge is 0.354 e. The second kappa shape index (κ2) is 7.53. The monoisotopic (exact) mass is 305 g/mol. The van der Waals surface area contributed by atoms with E-state index in [0.717, 1.165) is 18.0 Å². The summed E-state index contributed by atoms with van der Waals surface area (Å²) >= 11 is 1.68. The van der Waals surface area contributed by atoms with Crippen molar-refractivity contribution < 1.29 is 0 Å². The van der Waals surface area contributed by atoms with Crippen LogP contribution in [0.2, 0.25) is 0 Å². The van der Waals surface area contributed by atoms with E-state index in [4.69, 9.17) is 0 Å². The van der Waals surface area contributed by atoms with Gasteiger partial charge in [0, 0.05) is 22.8 Å². The molecule has 0 fully saturated rings. The third-order valence-corrected chi connectivity index (χ3v) is 3.36. The Bertz CT molecular complexity index is 584. The molecule has 0 aliphatic heterocycles. The highest BCUT2D eigenvalue weighted by Gasteiger charge is 2.04. The zero-order valence-corrected chi connectivity index (χ0v) is 13.2. The molecule has 3 N–H and O–H groups in total. The average molecular weight is 305 g/mol. The Labute approximate surface area is 127 Å². The van der Waals surface area contributed by atoms with E-state index in [1.807, 2.05) is 19.9 Å². The predicted molar refractivity (Wildman–Crippen MR) is 88.4 cm³/mol. The van der Waals surface area contributed by atoms with Crippen LogP contribution in [0.1, 0.15) is 23.6 Å². The van der Waals surface area contributed by atoms with Crippen LogP contribution in [-0.2, 0) is 0 Å². The van der Waals surface area contributed by atoms with Gasteiger partial charge >= 0.3 is 0 Å². The molecular formula is C13H19N7S. The summed E-state index contributed by atoms with van der Waals surface area (Å²) in [7, 11) is 0. The summed E-state index contributed by atoms with van der Waals surface area (Å²) in [6, 6.07) is 4.08. The molecule has 7 nitrogen and oxygen atoms in total. The van der Waals surface area contributed by atoms with Crippen LogP contribution in [-0.4, -0.2) is 34.3 Å². The van der Waals surface area contributed by atoms with E-state index in [1.54, 1.807) is 17.6 Å². The fraction of sp³-hybridized carbons (Fsp3) is 0.385. The standard InChI is InChI=1S/C13H19N7S/c1-4-14-11-17-12(15-5-2)19-13(18-11)20-16-8-10-7-6-9(3)21-10/h6-8H,4-5H2,1-3H3,(H3,14,15,17,18,19,20)/b16-8+. The van der Waals surface area contributed by atoms with Crippen molar-refractivity contribution in [2.45, 2.75) is 20.8 Å². The Hall–Kier alpha value is -2.22. The normalized spacial score (nSPS) is 10.8. The summed E-state index contributed by atoms with van der Waals surface area (Å²) in [5.41, 5.74) is 2.83. The summed E-state index contributed by atoms with van der Waals surface area (Å²) in [6.07, 6.45) is 1.75. The smallest absolute Gasteiger partial charge is 0.250 e. The zero-order valence-electron chi connectivity index (χ0n) is 12.3. The van der Waals surface area contributed by atoms with Crippen LogP contribution in [0.5, 0.6) is 0 Å². The molecule has 0 saturated heterocycles. The molecule has 2 aromatic rings. The van der Waals surface area contributed by atoms with Crippen LogP contribution in [0.3, 0.4) is 0 Å². The van der Waals surface area contributed by atoms with Gasteiger partial charge in [0.05, 0.1) is 6.21 Å². The summed E-state index contributed by atoms with van der Waals surface area (Å²) in [5.74, 6) is 1.45. The molecule has 0 aliphatic rings. The van der Waals surface area contributed by atoms with E-state index in [2.05, 4.69) is 49.1 Å². The van der Waals surface area contributed by atoms with Gasteiger partial charge in [-0.1, -0.05) is 0 Å². The lowest BCUT2D eigenvalue weighted by molar-refractivity contribution is 0.992. The number of nitrogens with zero attached hydrogens (tertiary/aromatic N) is 4. The number of hydrogen-bond acceptors (Lipinski definition) is 8. The first-order valence-corrected chi connectivity index (χ1v) is 7.62. The molecule has 0 saturated carbocycles. The number of hydrazone groups is 1. The molecule has 112 valence electrons. The van der Waals surface area contributed by atoms with Gasteiger partial charge in [0.1, 0.15) is 0 Å². The van der Waals surface area contributed by atoms with Gasteiger partial charge in [0.25, 0.3) is 0 Å². The summed E-state index contributed by atoms with van der Waals surface area (Å²) in [5, 5.41) is 10.3. The number of thiophene rings is 1. The maximum Gasteiger partial charge on any atom is 0.250 e. The first-order valence-electron chi connectivity index (χ1n) is 6.80. The molecular weight excluding hydrogens is 286 g/mol. The van der Waals surface area contributed by atoms with Crippen molar-refractivity contribution in [3.8, 4) is 0 Å². The van der Waals surface area contributed by atoms with Crippen molar-refractivity contribution in [3.63, 3.8) is 0 Å². The van der Waals surface area contributed by atoms with Gasteiger partial charge < -0.3 is 10.6 Å². The molecule has 0 spiro atoms. The highest BCUT2D eigenvalue weighted by molar-refractivity contribution is 7.13. The highest BCUT2D eigenvalue weighted by atomic mass is 32.1. The second-order valence-electron chi connectivity index (χ2n) is 4.19. The number of anilines is 3. The lowest BCUT2D eigenvalue weighted by Crippen LogP contribution is -2.10. The van der Waals surface area contributed by atoms with Crippen LogP contribution in [0.25, 0.3) is 0 Å². The molecule has 2 heterocycles. The average Bonchev–Trinajstić information content (AvgIpc) is 2.85. The van der Waals surface area contributed by atoms with Crippen LogP contribution in [0, 0.1) is 6.92 Å². The Morgan fingerprint density at radius 3 is 2.19 bits per heavy atom. The number of rotatable bonds is 7. The third-order valence-electron chi connectivity index (χ3n) is 2.42. The van der Waals surface area contributed by atoms with Gasteiger partial charge in [0.2, 0.25) is 17.8 Å². The third kappa shape index (κ3) is 4.67. The maximum atomic E-state index is 4.25. The summed E-state index contributed by atoms with van der Waals surface area (Å²) in [6.45, 7) is 7.52. The minimum absolute atomic E-state index is 0.404. The van der Waals surface area contributed by atoms with Gasteiger partial charge in [-0.25, -0.2) is 5.43 Å². The lowest BCUT2D eigenvalue weighted by atomic mass is 10.4. The molecule has 0 amide bonds. The SMILES string of the molecule is CCNc1nc(NCC)nc(N/N=C/c2ccc(C)s2)n1. The molecule has 21 heavy (non-hydrogen) atoms. The van der Waals surface area contributed by atoms with Gasteiger partial charge in [-0.15, -0.1) is 11.3 Å². The van der Waals surface area contributed by atoms with Crippen molar-refractivity contribution in [2.75, 3.05) is 29.1 Å². The zero-order chi connectivity index (χ0) is 15.1. The molecule has 0 radical (unpaired) electrons. The number of aromatic nitrogens is 3. The van der Waals surface area contributed by atoms with E-state index in [1.165, 1.54) is 4.88 Å². The van der Waals surface area contributed by atoms with Crippen molar-refractivity contribution in [1.29, 1.82) is 0 Å². The van der Waals surface area contributed by atoms with Gasteiger partial charge in [-0.2, -0.15) is 20.1 Å². The van der Waals surface area contributed by atoms with Crippen molar-refractivity contribution >= 4 is 35.4 Å². The van der Waals surface area contributed by atoms with Crippen molar-refractivity contribution in [3.05, 3.63) is 21.9 Å². The Morgan fingerprint density at radius 2 is 1.67 bits per heavy atom. The molecule has 0 unspecified atom stereocenters. The summed E-state index contributed by atoms with van der Waals surface area (Å²) in [4.78, 5) is 15.1. The molecule has 0 atom stereocenters. The maximum absolute atomic E-state index is 4.25. The Kier molecular flexibility index (Phi) is 5.44. The van der Waals surface area contributed by atoms with Crippen LogP contribution in [0.4, 0.5) is 17.8 Å². The van der Waals surface area contributed by atoms with Gasteiger partial charge in [-0.05, 0) is 32.9 Å². The van der Waals surface area contributed by atoms with Crippen molar-refractivity contribution in [2.24, 2.45) is 5.10 Å². The Morgan fingerprint density at radius 1 is 1.05 bits per heavy atom. The number of hydrogen-bond donors (Lipinski definition) is 3. The second-order valence-corrected chi connectivity index (χ2v) is 5.50. The fourth-order valence-corrected chi connectivity index (χ4v) is 2.33. The molecule has 0 aromatic carbocycles. The van der Waals surface area contributed by atoms with Gasteiger partial charge in [0.15, 0.2) is 0 Å². The molecule has 8 heteroatoms. The molecule has 0 bridgehead atoms. The fourth-order valence-electron chi connectivity index (χ4n) is 1.58. The van der Waals surface area contributed by atoms with Crippen LogP contribution < -0.4 is 16.1 Å².